The molecule has 1 aromatic carbocycles. The van der Waals surface area contributed by atoms with Gasteiger partial charge >= 0.3 is 12.4 Å². The average molecular weight is 484 g/mol. The van der Waals surface area contributed by atoms with Gasteiger partial charge in [0.2, 0.25) is 5.91 Å². The quantitative estimate of drug-likeness (QED) is 0.648. The Balaban J connectivity index is 1.63. The van der Waals surface area contributed by atoms with Crippen LogP contribution in [-0.2, 0) is 28.9 Å². The molecule has 0 radical (unpaired) electrons. The molecule has 2 aromatic rings. The standard InChI is InChI=1S/C19H16ClF6N3O3/c1-29-10(5-13(28-29)19(24,25)26)14-15(12-6-11(30)16(14)32-12)17(31)27-7-2-3-8(9(20)4-7)18(21,22)23/h2-5,11-12,14-16,30H,6H2,1H3,(H,27,31)/t11-,12+,14+,15-,16-/m0/s1. The first kappa shape index (κ1) is 22.9. The second kappa shape index (κ2) is 7.63. The zero-order chi connectivity index (χ0) is 23.6. The van der Waals surface area contributed by atoms with Gasteiger partial charge in [-0.1, -0.05) is 11.6 Å². The van der Waals surface area contributed by atoms with Crippen LogP contribution in [0, 0.1) is 5.92 Å². The Bertz CT molecular complexity index is 1050. The maximum Gasteiger partial charge on any atom is 0.435 e. The van der Waals surface area contributed by atoms with E-state index in [1.165, 1.54) is 7.05 Å². The van der Waals surface area contributed by atoms with Crippen molar-refractivity contribution < 1.29 is 41.0 Å². The minimum absolute atomic E-state index is 0.0175. The molecule has 32 heavy (non-hydrogen) atoms. The third-order valence-corrected chi connectivity index (χ3v) is 6.03. The fourth-order valence-electron chi connectivity index (χ4n) is 4.38. The van der Waals surface area contributed by atoms with Crippen LogP contribution in [-0.4, -0.2) is 39.1 Å². The lowest BCUT2D eigenvalue weighted by Crippen LogP contribution is -2.41. The number of alkyl halides is 6. The molecule has 2 aliphatic rings. The normalized spacial score (nSPS) is 27.7. The first-order valence-corrected chi connectivity index (χ1v) is 9.77. The predicted octanol–water partition coefficient (Wildman–Crippen LogP) is 3.98. The molecule has 3 heterocycles. The fourth-order valence-corrected chi connectivity index (χ4v) is 4.66. The van der Waals surface area contributed by atoms with Crippen LogP contribution >= 0.6 is 11.6 Å². The number of carbonyl (C=O) groups excluding carboxylic acids is 1. The van der Waals surface area contributed by atoms with Crippen molar-refractivity contribution >= 4 is 23.2 Å². The molecule has 2 N–H and O–H groups in total. The van der Waals surface area contributed by atoms with Crippen LogP contribution in [0.3, 0.4) is 0 Å². The summed E-state index contributed by atoms with van der Waals surface area (Å²) in [6.07, 6.45) is -12.0. The largest absolute Gasteiger partial charge is 0.435 e. The van der Waals surface area contributed by atoms with Crippen LogP contribution in [0.2, 0.25) is 5.02 Å². The maximum absolute atomic E-state index is 13.1. The minimum atomic E-state index is -4.71. The monoisotopic (exact) mass is 483 g/mol. The molecule has 13 heteroatoms. The molecular weight excluding hydrogens is 468 g/mol. The summed E-state index contributed by atoms with van der Waals surface area (Å²) < 4.78 is 84.6. The summed E-state index contributed by atoms with van der Waals surface area (Å²) in [6, 6.07) is 3.48. The van der Waals surface area contributed by atoms with Gasteiger partial charge in [0.1, 0.15) is 0 Å². The summed E-state index contributed by atoms with van der Waals surface area (Å²) in [7, 11) is 1.29. The zero-order valence-corrected chi connectivity index (χ0v) is 17.0. The maximum atomic E-state index is 13.1. The number of rotatable bonds is 3. The lowest BCUT2D eigenvalue weighted by atomic mass is 9.75. The Kier molecular flexibility index (Phi) is 5.45. The van der Waals surface area contributed by atoms with Gasteiger partial charge in [-0.15, -0.1) is 0 Å². The Morgan fingerprint density at radius 2 is 1.91 bits per heavy atom. The van der Waals surface area contributed by atoms with E-state index in [-0.39, 0.29) is 17.8 Å². The second-order valence-electron chi connectivity index (χ2n) is 7.75. The topological polar surface area (TPSA) is 76.4 Å². The average Bonchev–Trinajstić information content (AvgIpc) is 3.31. The van der Waals surface area contributed by atoms with E-state index < -0.39 is 64.7 Å². The van der Waals surface area contributed by atoms with Crippen LogP contribution in [0.1, 0.15) is 29.3 Å². The fraction of sp³-hybridized carbons (Fsp3) is 0.474. The molecule has 0 saturated carbocycles. The highest BCUT2D eigenvalue weighted by atomic mass is 35.5. The number of anilines is 1. The van der Waals surface area contributed by atoms with Gasteiger partial charge in [-0.05, 0) is 24.3 Å². The van der Waals surface area contributed by atoms with Gasteiger partial charge in [0.15, 0.2) is 5.69 Å². The molecule has 2 fully saturated rings. The SMILES string of the molecule is Cn1nc(C(F)(F)F)cc1[C@H]1[C@H]2O[C@H](C[C@@H]2O)[C@@H]1C(=O)Nc1ccc(C(F)(F)F)c(Cl)c1. The van der Waals surface area contributed by atoms with Crippen molar-refractivity contribution in [1.29, 1.82) is 0 Å². The summed E-state index contributed by atoms with van der Waals surface area (Å²) in [4.78, 5) is 13.0. The van der Waals surface area contributed by atoms with E-state index in [0.29, 0.717) is 6.07 Å². The van der Waals surface area contributed by atoms with E-state index in [9.17, 15) is 36.2 Å². The van der Waals surface area contributed by atoms with Gasteiger partial charge in [0.25, 0.3) is 0 Å². The van der Waals surface area contributed by atoms with Gasteiger partial charge in [0, 0.05) is 30.8 Å². The van der Waals surface area contributed by atoms with Crippen molar-refractivity contribution in [3.63, 3.8) is 0 Å². The number of carbonyl (C=O) groups is 1. The molecule has 4 rings (SSSR count). The van der Waals surface area contributed by atoms with Gasteiger partial charge in [-0.25, -0.2) is 0 Å². The van der Waals surface area contributed by atoms with Crippen molar-refractivity contribution in [3.05, 3.63) is 46.2 Å². The van der Waals surface area contributed by atoms with Crippen molar-refractivity contribution in [2.45, 2.75) is 43.0 Å². The number of aromatic nitrogens is 2. The van der Waals surface area contributed by atoms with Crippen LogP contribution in [0.25, 0.3) is 0 Å². The third-order valence-electron chi connectivity index (χ3n) is 5.72. The first-order valence-electron chi connectivity index (χ1n) is 9.39. The number of halogens is 7. The summed E-state index contributed by atoms with van der Waals surface area (Å²) in [5.41, 5.74) is -2.19. The number of fused-ring (bicyclic) bond motifs is 2. The smallest absolute Gasteiger partial charge is 0.390 e. The zero-order valence-electron chi connectivity index (χ0n) is 16.2. The molecule has 6 nitrogen and oxygen atoms in total. The van der Waals surface area contributed by atoms with Gasteiger partial charge in [-0.3, -0.25) is 9.48 Å². The highest BCUT2D eigenvalue weighted by molar-refractivity contribution is 6.31. The van der Waals surface area contributed by atoms with E-state index in [1.807, 2.05) is 0 Å². The number of nitrogens with one attached hydrogen (secondary N) is 1. The molecule has 0 aliphatic carbocycles. The lowest BCUT2D eigenvalue weighted by Gasteiger charge is -2.29. The van der Waals surface area contributed by atoms with Gasteiger partial charge in [-0.2, -0.15) is 31.4 Å². The summed E-state index contributed by atoms with van der Waals surface area (Å²) >= 11 is 5.68. The number of nitrogens with zero attached hydrogens (tertiary/aromatic N) is 2. The summed E-state index contributed by atoms with van der Waals surface area (Å²) in [5, 5.41) is 15.5. The Labute approximate surface area is 182 Å². The molecule has 2 saturated heterocycles. The Morgan fingerprint density at radius 1 is 1.22 bits per heavy atom. The van der Waals surface area contributed by atoms with Crippen LogP contribution < -0.4 is 5.32 Å². The molecule has 174 valence electrons. The first-order chi connectivity index (χ1) is 14.8. The van der Waals surface area contributed by atoms with Crippen LogP contribution in [0.5, 0.6) is 0 Å². The highest BCUT2D eigenvalue weighted by Crippen LogP contribution is 2.50. The second-order valence-corrected chi connectivity index (χ2v) is 8.16. The summed E-state index contributed by atoms with van der Waals surface area (Å²) in [5.74, 6) is -2.62. The number of aliphatic hydroxyl groups is 1. The van der Waals surface area contributed by atoms with E-state index >= 15 is 0 Å². The number of benzene rings is 1. The number of amides is 1. The number of hydrogen-bond donors (Lipinski definition) is 2. The van der Waals surface area contributed by atoms with E-state index in [2.05, 4.69) is 10.4 Å². The van der Waals surface area contributed by atoms with Crippen molar-refractivity contribution in [1.82, 2.24) is 9.78 Å². The predicted molar refractivity (Wildman–Crippen MR) is 98.8 cm³/mol. The highest BCUT2D eigenvalue weighted by Gasteiger charge is 2.58. The van der Waals surface area contributed by atoms with Crippen LogP contribution in [0.4, 0.5) is 32.0 Å². The van der Waals surface area contributed by atoms with E-state index in [0.717, 1.165) is 22.9 Å². The molecule has 2 aliphatic heterocycles. The minimum Gasteiger partial charge on any atom is -0.390 e. The molecule has 0 unspecified atom stereocenters. The van der Waals surface area contributed by atoms with Gasteiger partial charge < -0.3 is 15.2 Å². The van der Waals surface area contributed by atoms with E-state index in [1.54, 1.807) is 0 Å². The molecular formula is C19H16ClF6N3O3. The van der Waals surface area contributed by atoms with Crippen molar-refractivity contribution in [2.75, 3.05) is 5.32 Å². The molecule has 2 bridgehead atoms. The molecule has 1 amide bonds. The van der Waals surface area contributed by atoms with Gasteiger partial charge in [0.05, 0.1) is 34.8 Å². The third kappa shape index (κ3) is 3.95. The lowest BCUT2D eigenvalue weighted by molar-refractivity contribution is -0.141. The molecule has 1 aromatic heterocycles. The number of aliphatic hydroxyl groups excluding tert-OH is 1. The Hall–Kier alpha value is -2.31. The number of aryl methyl sites for hydroxylation is 1. The molecule has 5 atom stereocenters. The Morgan fingerprint density at radius 3 is 2.47 bits per heavy atom. The number of ether oxygens (including phenoxy) is 1. The van der Waals surface area contributed by atoms with Crippen molar-refractivity contribution in [2.24, 2.45) is 13.0 Å². The summed E-state index contributed by atoms with van der Waals surface area (Å²) in [6.45, 7) is 0. The number of hydrogen-bond acceptors (Lipinski definition) is 4. The van der Waals surface area contributed by atoms with E-state index in [4.69, 9.17) is 16.3 Å². The molecule has 0 spiro atoms. The van der Waals surface area contributed by atoms with Crippen molar-refractivity contribution in [3.8, 4) is 0 Å². The van der Waals surface area contributed by atoms with Crippen LogP contribution in [0.15, 0.2) is 24.3 Å².